The van der Waals surface area contributed by atoms with Crippen molar-refractivity contribution in [3.8, 4) is 0 Å². The molecule has 3 aliphatic heterocycles. The van der Waals surface area contributed by atoms with E-state index in [1.807, 2.05) is 40.1 Å². The maximum absolute atomic E-state index is 12.8. The van der Waals surface area contributed by atoms with E-state index in [2.05, 4.69) is 13.8 Å². The number of carbonyl (C=O) groups excluding carboxylic acids is 2. The molecule has 1 aromatic carbocycles. The van der Waals surface area contributed by atoms with E-state index in [-0.39, 0.29) is 23.8 Å². The molecule has 3 heterocycles. The number of carbonyl (C=O) groups is 2. The van der Waals surface area contributed by atoms with Crippen molar-refractivity contribution in [2.75, 3.05) is 19.7 Å². The highest BCUT2D eigenvalue weighted by molar-refractivity contribution is 5.80. The van der Waals surface area contributed by atoms with Crippen molar-refractivity contribution in [1.82, 2.24) is 9.80 Å². The predicted molar refractivity (Wildman–Crippen MR) is 98.2 cm³/mol. The zero-order chi connectivity index (χ0) is 18.3. The number of rotatable bonds is 3. The number of hydrogen-bond acceptors (Lipinski definition) is 3. The highest BCUT2D eigenvalue weighted by Crippen LogP contribution is 2.47. The molecule has 0 radical (unpaired) electrons. The Kier molecular flexibility index (Phi) is 4.51. The van der Waals surface area contributed by atoms with Gasteiger partial charge in [0.25, 0.3) is 0 Å². The lowest BCUT2D eigenvalue weighted by atomic mass is 9.79. The van der Waals surface area contributed by atoms with Gasteiger partial charge in [0.05, 0.1) is 19.1 Å². The summed E-state index contributed by atoms with van der Waals surface area (Å²) in [5.74, 6) is 1.00. The van der Waals surface area contributed by atoms with Crippen LogP contribution in [0.25, 0.3) is 0 Å². The van der Waals surface area contributed by atoms with Gasteiger partial charge in [0.2, 0.25) is 11.8 Å². The molecule has 3 atom stereocenters. The molecule has 0 bridgehead atoms. The number of benzene rings is 1. The fraction of sp³-hybridized carbons (Fsp3) is 0.619. The first-order chi connectivity index (χ1) is 12.5. The number of ether oxygens (including phenoxy) is 1. The van der Waals surface area contributed by atoms with Gasteiger partial charge < -0.3 is 14.5 Å². The van der Waals surface area contributed by atoms with Crippen molar-refractivity contribution in [3.05, 3.63) is 35.9 Å². The van der Waals surface area contributed by atoms with Gasteiger partial charge in [-0.05, 0) is 17.9 Å². The summed E-state index contributed by atoms with van der Waals surface area (Å²) in [5.41, 5.74) is 0.573. The van der Waals surface area contributed by atoms with Crippen LogP contribution >= 0.6 is 0 Å². The van der Waals surface area contributed by atoms with E-state index in [1.54, 1.807) is 0 Å². The summed E-state index contributed by atoms with van der Waals surface area (Å²) in [5, 5.41) is 0. The Morgan fingerprint density at radius 2 is 2.08 bits per heavy atom. The molecule has 0 aliphatic carbocycles. The third kappa shape index (κ3) is 2.82. The van der Waals surface area contributed by atoms with Gasteiger partial charge >= 0.3 is 0 Å². The molecule has 3 fully saturated rings. The van der Waals surface area contributed by atoms with Crippen LogP contribution < -0.4 is 0 Å². The van der Waals surface area contributed by atoms with Crippen molar-refractivity contribution in [1.29, 1.82) is 0 Å². The van der Waals surface area contributed by atoms with Crippen molar-refractivity contribution < 1.29 is 14.3 Å². The van der Waals surface area contributed by atoms with Gasteiger partial charge in [0.1, 0.15) is 5.72 Å². The summed E-state index contributed by atoms with van der Waals surface area (Å²) in [6.07, 6.45) is 2.56. The highest BCUT2D eigenvalue weighted by atomic mass is 16.5. The Balaban J connectivity index is 1.49. The molecule has 0 N–H and O–H groups in total. The summed E-state index contributed by atoms with van der Waals surface area (Å²) in [7, 11) is 0. The number of likely N-dealkylation sites (tertiary alicyclic amines) is 1. The standard InChI is InChI=1S/C21H28N2O3/c1-15(2)18-14-26-21-10-11-22(13-17(21)8-9-19(24)23(18)21)20(25)12-16-6-4-3-5-7-16/h3-7,15,17-18H,8-14H2,1-2H3/t17?,18-,21?/m0/s1. The van der Waals surface area contributed by atoms with Crippen LogP contribution in [0.1, 0.15) is 38.7 Å². The van der Waals surface area contributed by atoms with Crippen molar-refractivity contribution in [2.24, 2.45) is 11.8 Å². The highest BCUT2D eigenvalue weighted by Gasteiger charge is 2.59. The normalized spacial score (nSPS) is 31.1. The van der Waals surface area contributed by atoms with Gasteiger partial charge in [0.15, 0.2) is 0 Å². The molecule has 140 valence electrons. The minimum absolute atomic E-state index is 0.164. The number of piperidine rings is 2. The Morgan fingerprint density at radius 3 is 2.81 bits per heavy atom. The second-order valence-electron chi connectivity index (χ2n) is 8.22. The monoisotopic (exact) mass is 356 g/mol. The molecule has 0 saturated carbocycles. The molecule has 1 spiro atoms. The smallest absolute Gasteiger partial charge is 0.227 e. The molecular weight excluding hydrogens is 328 g/mol. The van der Waals surface area contributed by atoms with Crippen molar-refractivity contribution in [3.63, 3.8) is 0 Å². The second kappa shape index (κ2) is 6.69. The van der Waals surface area contributed by atoms with E-state index in [4.69, 9.17) is 4.74 Å². The van der Waals surface area contributed by atoms with E-state index in [9.17, 15) is 9.59 Å². The quantitative estimate of drug-likeness (QED) is 0.836. The zero-order valence-corrected chi connectivity index (χ0v) is 15.7. The third-order valence-corrected chi connectivity index (χ3v) is 6.36. The lowest BCUT2D eigenvalue weighted by Gasteiger charge is -2.53. The largest absolute Gasteiger partial charge is 0.353 e. The SMILES string of the molecule is CC(C)[C@@H]1COC23CCN(C(=O)Cc4ccccc4)CC2CCC(=O)N13. The first-order valence-corrected chi connectivity index (χ1v) is 9.79. The van der Waals surface area contributed by atoms with Crippen molar-refractivity contribution in [2.45, 2.75) is 51.3 Å². The van der Waals surface area contributed by atoms with Crippen LogP contribution in [0.5, 0.6) is 0 Å². The molecular formula is C21H28N2O3. The molecule has 3 aliphatic rings. The minimum Gasteiger partial charge on any atom is -0.353 e. The van der Waals surface area contributed by atoms with Gasteiger partial charge in [-0.25, -0.2) is 0 Å². The topological polar surface area (TPSA) is 49.9 Å². The van der Waals surface area contributed by atoms with Gasteiger partial charge in [-0.15, -0.1) is 0 Å². The molecule has 0 aromatic heterocycles. The third-order valence-electron chi connectivity index (χ3n) is 6.36. The first kappa shape index (κ1) is 17.5. The summed E-state index contributed by atoms with van der Waals surface area (Å²) < 4.78 is 6.31. The molecule has 5 heteroatoms. The summed E-state index contributed by atoms with van der Waals surface area (Å²) in [6.45, 7) is 6.29. The van der Waals surface area contributed by atoms with Crippen LogP contribution in [-0.4, -0.2) is 53.1 Å². The van der Waals surface area contributed by atoms with Gasteiger partial charge in [-0.1, -0.05) is 44.2 Å². The summed E-state index contributed by atoms with van der Waals surface area (Å²) in [6, 6.07) is 10.1. The summed E-state index contributed by atoms with van der Waals surface area (Å²) in [4.78, 5) is 29.5. The number of amides is 2. The zero-order valence-electron chi connectivity index (χ0n) is 15.7. The number of nitrogens with zero attached hydrogens (tertiary/aromatic N) is 2. The summed E-state index contributed by atoms with van der Waals surface area (Å²) >= 11 is 0. The Morgan fingerprint density at radius 1 is 1.31 bits per heavy atom. The average molecular weight is 356 g/mol. The minimum atomic E-state index is -0.478. The van der Waals surface area contributed by atoms with Crippen LogP contribution in [0.2, 0.25) is 0 Å². The first-order valence-electron chi connectivity index (χ1n) is 9.79. The lowest BCUT2D eigenvalue weighted by molar-refractivity contribution is -0.193. The van der Waals surface area contributed by atoms with E-state index in [1.165, 1.54) is 0 Å². The molecule has 2 unspecified atom stereocenters. The average Bonchev–Trinajstić information content (AvgIpc) is 3.03. The maximum atomic E-state index is 12.8. The van der Waals surface area contributed by atoms with E-state index < -0.39 is 5.72 Å². The Labute approximate surface area is 155 Å². The van der Waals surface area contributed by atoms with Gasteiger partial charge in [0, 0.05) is 31.8 Å². The Hall–Kier alpha value is -1.88. The molecule has 2 amide bonds. The van der Waals surface area contributed by atoms with E-state index in [0.717, 1.165) is 18.4 Å². The molecule has 4 rings (SSSR count). The van der Waals surface area contributed by atoms with Crippen LogP contribution in [0, 0.1) is 11.8 Å². The van der Waals surface area contributed by atoms with Gasteiger partial charge in [-0.2, -0.15) is 0 Å². The van der Waals surface area contributed by atoms with Crippen LogP contribution in [-0.2, 0) is 20.7 Å². The van der Waals surface area contributed by atoms with E-state index >= 15 is 0 Å². The lowest BCUT2D eigenvalue weighted by Crippen LogP contribution is -2.65. The molecule has 26 heavy (non-hydrogen) atoms. The molecule has 3 saturated heterocycles. The maximum Gasteiger partial charge on any atom is 0.227 e. The molecule has 1 aromatic rings. The molecule has 5 nitrogen and oxygen atoms in total. The fourth-order valence-electron chi connectivity index (χ4n) is 4.89. The van der Waals surface area contributed by atoms with Crippen LogP contribution in [0.4, 0.5) is 0 Å². The number of hydrogen-bond donors (Lipinski definition) is 0. The van der Waals surface area contributed by atoms with Crippen LogP contribution in [0.15, 0.2) is 30.3 Å². The fourth-order valence-corrected chi connectivity index (χ4v) is 4.89. The second-order valence-corrected chi connectivity index (χ2v) is 8.22. The van der Waals surface area contributed by atoms with Gasteiger partial charge in [-0.3, -0.25) is 9.59 Å². The van der Waals surface area contributed by atoms with Crippen molar-refractivity contribution >= 4 is 11.8 Å². The van der Waals surface area contributed by atoms with E-state index in [0.29, 0.717) is 38.5 Å². The van der Waals surface area contributed by atoms with Crippen LogP contribution in [0.3, 0.4) is 0 Å². The predicted octanol–water partition coefficient (Wildman–Crippen LogP) is 2.45. The Bertz CT molecular complexity index is 690.